The minimum atomic E-state index is -0.340. The van der Waals surface area contributed by atoms with Crippen LogP contribution in [-0.4, -0.2) is 22.6 Å². The molecule has 0 aromatic heterocycles. The maximum atomic E-state index is 11.7. The van der Waals surface area contributed by atoms with Crippen LogP contribution in [0.2, 0.25) is 0 Å². The van der Waals surface area contributed by atoms with E-state index in [1.807, 2.05) is 6.07 Å². The van der Waals surface area contributed by atoms with E-state index in [1.54, 1.807) is 31.2 Å². The van der Waals surface area contributed by atoms with Gasteiger partial charge < -0.3 is 0 Å². The van der Waals surface area contributed by atoms with Crippen molar-refractivity contribution < 1.29 is 9.59 Å². The highest BCUT2D eigenvalue weighted by Crippen LogP contribution is 2.06. The number of nitrogens with one attached hydrogen (secondary N) is 1. The van der Waals surface area contributed by atoms with Crippen LogP contribution in [0.1, 0.15) is 23.7 Å². The minimum absolute atomic E-state index is 0.221. The van der Waals surface area contributed by atoms with E-state index < -0.39 is 0 Å². The van der Waals surface area contributed by atoms with Gasteiger partial charge in [-0.15, -0.1) is 5.12 Å². The predicted octanol–water partition coefficient (Wildman–Crippen LogP) is 0.940. The predicted molar refractivity (Wildman–Crippen MR) is 58.5 cm³/mol. The van der Waals surface area contributed by atoms with Gasteiger partial charge >= 0.3 is 0 Å². The molecule has 0 fully saturated rings. The van der Waals surface area contributed by atoms with Crippen molar-refractivity contribution in [2.24, 2.45) is 5.10 Å². The van der Waals surface area contributed by atoms with Crippen molar-refractivity contribution in [1.29, 1.82) is 0 Å². The molecule has 1 aliphatic heterocycles. The number of hydrazone groups is 1. The van der Waals surface area contributed by atoms with Gasteiger partial charge in [-0.25, -0.2) is 5.43 Å². The monoisotopic (exact) mass is 217 g/mol. The van der Waals surface area contributed by atoms with Gasteiger partial charge in [-0.1, -0.05) is 18.2 Å². The largest absolute Gasteiger partial charge is 0.271 e. The summed E-state index contributed by atoms with van der Waals surface area (Å²) in [4.78, 5) is 23.0. The van der Waals surface area contributed by atoms with E-state index in [2.05, 4.69) is 10.5 Å². The van der Waals surface area contributed by atoms with Crippen molar-refractivity contribution in [3.8, 4) is 0 Å². The van der Waals surface area contributed by atoms with Gasteiger partial charge in [0, 0.05) is 11.3 Å². The first-order valence-corrected chi connectivity index (χ1v) is 4.90. The lowest BCUT2D eigenvalue weighted by Gasteiger charge is -2.12. The molecule has 1 N–H and O–H groups in total. The Kier molecular flexibility index (Phi) is 2.68. The molecule has 0 saturated heterocycles. The van der Waals surface area contributed by atoms with E-state index in [-0.39, 0.29) is 18.2 Å². The first-order valence-electron chi connectivity index (χ1n) is 4.90. The molecule has 0 bridgehead atoms. The van der Waals surface area contributed by atoms with Gasteiger partial charge in [0.1, 0.15) is 0 Å². The molecule has 1 aromatic rings. The highest BCUT2D eigenvalue weighted by atomic mass is 16.2. The lowest BCUT2D eigenvalue weighted by Crippen LogP contribution is -2.40. The van der Waals surface area contributed by atoms with Gasteiger partial charge in [-0.05, 0) is 19.1 Å². The van der Waals surface area contributed by atoms with Crippen LogP contribution < -0.4 is 5.43 Å². The lowest BCUT2D eigenvalue weighted by molar-refractivity contribution is -0.130. The fraction of sp³-hybridized carbons (Fsp3) is 0.182. The van der Waals surface area contributed by atoms with Crippen LogP contribution in [0.3, 0.4) is 0 Å². The zero-order valence-corrected chi connectivity index (χ0v) is 8.80. The average Bonchev–Trinajstić information content (AvgIpc) is 2.59. The van der Waals surface area contributed by atoms with Crippen LogP contribution in [0.5, 0.6) is 0 Å². The van der Waals surface area contributed by atoms with Crippen LogP contribution in [-0.2, 0) is 4.79 Å². The summed E-state index contributed by atoms with van der Waals surface area (Å²) < 4.78 is 0. The molecule has 0 atom stereocenters. The molecule has 0 spiro atoms. The summed E-state index contributed by atoms with van der Waals surface area (Å²) in [5, 5.41) is 4.89. The molecule has 1 heterocycles. The molecule has 2 rings (SSSR count). The highest BCUT2D eigenvalue weighted by molar-refractivity contribution is 6.05. The van der Waals surface area contributed by atoms with Crippen molar-refractivity contribution >= 4 is 17.5 Å². The quantitative estimate of drug-likeness (QED) is 0.801. The summed E-state index contributed by atoms with van der Waals surface area (Å²) in [6.07, 6.45) is 0.259. The first kappa shape index (κ1) is 10.4. The van der Waals surface area contributed by atoms with Crippen molar-refractivity contribution in [3.63, 3.8) is 0 Å². The fourth-order valence-electron chi connectivity index (χ4n) is 1.39. The summed E-state index contributed by atoms with van der Waals surface area (Å²) in [5.74, 6) is -0.561. The van der Waals surface area contributed by atoms with Gasteiger partial charge in [0.2, 0.25) is 0 Å². The summed E-state index contributed by atoms with van der Waals surface area (Å²) in [6, 6.07) is 8.68. The SMILES string of the molecule is CC1=NN(NC(=O)c2ccccc2)C(=O)C1. The number of benzene rings is 1. The Morgan fingerprint density at radius 1 is 1.38 bits per heavy atom. The highest BCUT2D eigenvalue weighted by Gasteiger charge is 2.23. The molecular weight excluding hydrogens is 206 g/mol. The number of hydrazine groups is 1. The number of rotatable bonds is 2. The molecule has 1 aromatic carbocycles. The fourth-order valence-corrected chi connectivity index (χ4v) is 1.39. The van der Waals surface area contributed by atoms with Gasteiger partial charge in [0.05, 0.1) is 6.42 Å². The molecule has 82 valence electrons. The molecule has 2 amide bonds. The molecule has 16 heavy (non-hydrogen) atoms. The molecule has 5 heteroatoms. The van der Waals surface area contributed by atoms with Crippen molar-refractivity contribution in [1.82, 2.24) is 10.5 Å². The first-order chi connectivity index (χ1) is 7.66. The standard InChI is InChI=1S/C11H11N3O2/c1-8-7-10(15)14(12-8)13-11(16)9-5-3-2-4-6-9/h2-6H,7H2,1H3,(H,13,16). The van der Waals surface area contributed by atoms with Gasteiger partial charge in [0.15, 0.2) is 0 Å². The topological polar surface area (TPSA) is 61.8 Å². The van der Waals surface area contributed by atoms with Crippen LogP contribution in [0, 0.1) is 0 Å². The molecular formula is C11H11N3O2. The average molecular weight is 217 g/mol. The number of nitrogens with zero attached hydrogens (tertiary/aromatic N) is 2. The van der Waals surface area contributed by atoms with Crippen LogP contribution in [0.25, 0.3) is 0 Å². The van der Waals surface area contributed by atoms with E-state index in [1.165, 1.54) is 0 Å². The Balaban J connectivity index is 2.06. The summed E-state index contributed by atoms with van der Waals surface area (Å²) in [7, 11) is 0. The molecule has 0 unspecified atom stereocenters. The van der Waals surface area contributed by atoms with Gasteiger partial charge in [-0.2, -0.15) is 5.10 Å². The Bertz CT molecular complexity index is 454. The maximum Gasteiger partial charge on any atom is 0.271 e. The summed E-state index contributed by atoms with van der Waals surface area (Å²) in [6.45, 7) is 1.74. The third kappa shape index (κ3) is 2.08. The number of hydrogen-bond acceptors (Lipinski definition) is 3. The summed E-state index contributed by atoms with van der Waals surface area (Å²) >= 11 is 0. The second-order valence-corrected chi connectivity index (χ2v) is 3.52. The minimum Gasteiger partial charge on any atom is -0.271 e. The Labute approximate surface area is 92.7 Å². The number of amides is 2. The van der Waals surface area contributed by atoms with Gasteiger partial charge in [0.25, 0.3) is 11.8 Å². The van der Waals surface area contributed by atoms with Crippen molar-refractivity contribution in [2.75, 3.05) is 0 Å². The molecule has 0 saturated carbocycles. The normalized spacial score (nSPS) is 14.9. The second kappa shape index (κ2) is 4.14. The van der Waals surface area contributed by atoms with E-state index in [0.717, 1.165) is 5.12 Å². The lowest BCUT2D eigenvalue weighted by atomic mass is 10.2. The van der Waals surface area contributed by atoms with Crippen molar-refractivity contribution in [3.05, 3.63) is 35.9 Å². The smallest absolute Gasteiger partial charge is 0.271 e. The van der Waals surface area contributed by atoms with E-state index >= 15 is 0 Å². The summed E-state index contributed by atoms with van der Waals surface area (Å²) in [5.41, 5.74) is 3.62. The van der Waals surface area contributed by atoms with E-state index in [0.29, 0.717) is 11.3 Å². The second-order valence-electron chi connectivity index (χ2n) is 3.52. The van der Waals surface area contributed by atoms with Crippen molar-refractivity contribution in [2.45, 2.75) is 13.3 Å². The molecule has 1 aliphatic rings. The maximum absolute atomic E-state index is 11.7. The Hall–Kier alpha value is -2.17. The zero-order valence-electron chi connectivity index (χ0n) is 8.80. The van der Waals surface area contributed by atoms with E-state index in [4.69, 9.17) is 0 Å². The van der Waals surface area contributed by atoms with Crippen LogP contribution >= 0.6 is 0 Å². The third-order valence-electron chi connectivity index (χ3n) is 2.16. The van der Waals surface area contributed by atoms with Gasteiger partial charge in [-0.3, -0.25) is 9.59 Å². The van der Waals surface area contributed by atoms with E-state index in [9.17, 15) is 9.59 Å². The Morgan fingerprint density at radius 2 is 2.06 bits per heavy atom. The Morgan fingerprint density at radius 3 is 2.62 bits per heavy atom. The number of carbonyl (C=O) groups excluding carboxylic acids is 2. The zero-order chi connectivity index (χ0) is 11.5. The molecule has 0 radical (unpaired) electrons. The number of hydrogen-bond donors (Lipinski definition) is 1. The molecule has 0 aliphatic carbocycles. The third-order valence-corrected chi connectivity index (χ3v) is 2.16. The number of carbonyl (C=O) groups is 2. The van der Waals surface area contributed by atoms with Crippen LogP contribution in [0.4, 0.5) is 0 Å². The van der Waals surface area contributed by atoms with Crippen LogP contribution in [0.15, 0.2) is 35.4 Å². The molecule has 5 nitrogen and oxygen atoms in total.